The van der Waals surface area contributed by atoms with Crippen LogP contribution in [0.4, 0.5) is 8.78 Å². The highest BCUT2D eigenvalue weighted by molar-refractivity contribution is 5.80. The number of nitrogens with zero attached hydrogens (tertiary/aromatic N) is 3. The Morgan fingerprint density at radius 1 is 1.03 bits per heavy atom. The lowest BCUT2D eigenvalue weighted by atomic mass is 9.81. The Balaban J connectivity index is 1.23. The number of hydroxylamine groups is 2. The molecule has 0 unspecified atom stereocenters. The first kappa shape index (κ1) is 21.6. The van der Waals surface area contributed by atoms with Crippen molar-refractivity contribution in [3.8, 4) is 6.07 Å². The average molecular weight is 450 g/mol. The Morgan fingerprint density at radius 2 is 1.85 bits per heavy atom. The number of aromatic nitrogens is 1. The summed E-state index contributed by atoms with van der Waals surface area (Å²) in [7, 11) is 0. The molecule has 1 aromatic heterocycles. The van der Waals surface area contributed by atoms with Crippen LogP contribution < -0.4 is 0 Å². The van der Waals surface area contributed by atoms with Crippen molar-refractivity contribution in [3.05, 3.63) is 71.4 Å². The van der Waals surface area contributed by atoms with Crippen LogP contribution >= 0.6 is 0 Å². The lowest BCUT2D eigenvalue weighted by molar-refractivity contribution is -0.183. The molecule has 33 heavy (non-hydrogen) atoms. The topological polar surface area (TPSA) is 58.3 Å². The van der Waals surface area contributed by atoms with Gasteiger partial charge in [-0.2, -0.15) is 5.26 Å². The number of fused-ring (bicyclic) bond motifs is 1. The molecule has 0 spiro atoms. The third-order valence-electron chi connectivity index (χ3n) is 6.94. The van der Waals surface area contributed by atoms with E-state index in [1.165, 1.54) is 23.3 Å². The van der Waals surface area contributed by atoms with Crippen LogP contribution in [0.5, 0.6) is 0 Å². The summed E-state index contributed by atoms with van der Waals surface area (Å²) in [5.41, 5.74) is 1.86. The minimum atomic E-state index is -0.482. The molecule has 1 saturated carbocycles. The van der Waals surface area contributed by atoms with E-state index in [0.717, 1.165) is 43.1 Å². The summed E-state index contributed by atoms with van der Waals surface area (Å²) in [6.07, 6.45) is 5.98. The first-order valence-electron chi connectivity index (χ1n) is 11.4. The molecule has 0 bridgehead atoms. The van der Waals surface area contributed by atoms with E-state index in [2.05, 4.69) is 4.57 Å². The van der Waals surface area contributed by atoms with Gasteiger partial charge in [-0.15, -0.1) is 0 Å². The molecule has 1 atom stereocenters. The molecule has 1 amide bonds. The Kier molecular flexibility index (Phi) is 5.86. The van der Waals surface area contributed by atoms with E-state index in [4.69, 9.17) is 10.1 Å². The van der Waals surface area contributed by atoms with E-state index in [-0.39, 0.29) is 29.2 Å². The third kappa shape index (κ3) is 4.36. The Hall–Kier alpha value is -3.24. The number of rotatable bonds is 4. The van der Waals surface area contributed by atoms with Crippen LogP contribution in [0.2, 0.25) is 0 Å². The summed E-state index contributed by atoms with van der Waals surface area (Å²) in [6.45, 7) is 1.24. The van der Waals surface area contributed by atoms with Gasteiger partial charge in [0, 0.05) is 36.0 Å². The molecule has 2 aliphatic rings. The lowest BCUT2D eigenvalue weighted by Crippen LogP contribution is -2.37. The Bertz CT molecular complexity index is 1220. The quantitative estimate of drug-likeness (QED) is 0.528. The second-order valence-electron chi connectivity index (χ2n) is 9.08. The number of amides is 1. The number of nitriles is 1. The van der Waals surface area contributed by atoms with Crippen molar-refractivity contribution in [2.45, 2.75) is 44.7 Å². The standard InChI is InChI=1S/C26H25F2N3O2/c27-22-5-6-24-20(13-22)7-9-30(24)16-17-1-3-19(4-2-17)26(32)31-25(8-10-33-31)21-11-18(15-29)12-23(28)14-21/h5-7,9,11-14,17,19,25H,1-4,8,10,16H2/t17-,19-,25-/m0/s1. The van der Waals surface area contributed by atoms with E-state index in [9.17, 15) is 13.6 Å². The number of carbonyl (C=O) groups is 1. The largest absolute Gasteiger partial charge is 0.347 e. The highest BCUT2D eigenvalue weighted by Crippen LogP contribution is 2.37. The van der Waals surface area contributed by atoms with Crippen LogP contribution in [0.25, 0.3) is 10.9 Å². The first-order chi connectivity index (χ1) is 16.0. The number of carbonyl (C=O) groups excluding carboxylic acids is 1. The van der Waals surface area contributed by atoms with Gasteiger partial charge in [-0.05, 0) is 79.6 Å². The molecule has 7 heteroatoms. The van der Waals surface area contributed by atoms with Crippen LogP contribution in [0.1, 0.15) is 49.3 Å². The van der Waals surface area contributed by atoms with Gasteiger partial charge in [-0.3, -0.25) is 9.63 Å². The van der Waals surface area contributed by atoms with Crippen LogP contribution in [0, 0.1) is 34.8 Å². The minimum absolute atomic E-state index is 0.0550. The van der Waals surface area contributed by atoms with Gasteiger partial charge >= 0.3 is 0 Å². The van der Waals surface area contributed by atoms with Gasteiger partial charge in [0.25, 0.3) is 0 Å². The summed E-state index contributed by atoms with van der Waals surface area (Å²) in [4.78, 5) is 18.9. The Labute approximate surface area is 191 Å². The molecular weight excluding hydrogens is 424 g/mol. The summed E-state index contributed by atoms with van der Waals surface area (Å²) < 4.78 is 29.6. The van der Waals surface area contributed by atoms with E-state index in [1.807, 2.05) is 24.4 Å². The van der Waals surface area contributed by atoms with Crippen LogP contribution in [-0.4, -0.2) is 22.1 Å². The van der Waals surface area contributed by atoms with E-state index in [1.54, 1.807) is 12.1 Å². The molecule has 1 aliphatic heterocycles. The monoisotopic (exact) mass is 449 g/mol. The predicted octanol–water partition coefficient (Wildman–Crippen LogP) is 5.50. The predicted molar refractivity (Wildman–Crippen MR) is 119 cm³/mol. The summed E-state index contributed by atoms with van der Waals surface area (Å²) >= 11 is 0. The SMILES string of the molecule is N#Cc1cc(F)cc([C@@H]2CCON2C(=O)[C@H]2CC[C@H](Cn3ccc4cc(F)ccc43)CC2)c1. The van der Waals surface area contributed by atoms with Crippen molar-refractivity contribution >= 4 is 16.8 Å². The van der Waals surface area contributed by atoms with Crippen molar-refractivity contribution in [1.29, 1.82) is 5.26 Å². The maximum absolute atomic E-state index is 14.0. The molecule has 5 rings (SSSR count). The number of hydrogen-bond donors (Lipinski definition) is 0. The van der Waals surface area contributed by atoms with Gasteiger partial charge in [0.15, 0.2) is 0 Å². The van der Waals surface area contributed by atoms with Crippen molar-refractivity contribution in [1.82, 2.24) is 9.63 Å². The first-order valence-corrected chi connectivity index (χ1v) is 11.4. The van der Waals surface area contributed by atoms with Crippen LogP contribution in [-0.2, 0) is 16.2 Å². The Morgan fingerprint density at radius 3 is 2.64 bits per heavy atom. The van der Waals surface area contributed by atoms with E-state index in [0.29, 0.717) is 24.5 Å². The van der Waals surface area contributed by atoms with Crippen molar-refractivity contribution < 1.29 is 18.4 Å². The average Bonchev–Trinajstić information content (AvgIpc) is 3.46. The number of hydrogen-bond acceptors (Lipinski definition) is 3. The van der Waals surface area contributed by atoms with Crippen LogP contribution in [0.15, 0.2) is 48.7 Å². The second kappa shape index (κ2) is 8.95. The van der Waals surface area contributed by atoms with E-state index < -0.39 is 5.82 Å². The highest BCUT2D eigenvalue weighted by Gasteiger charge is 2.37. The van der Waals surface area contributed by atoms with Gasteiger partial charge in [0.05, 0.1) is 24.3 Å². The van der Waals surface area contributed by atoms with Gasteiger partial charge in [-0.25, -0.2) is 13.8 Å². The maximum Gasteiger partial charge on any atom is 0.249 e. The maximum atomic E-state index is 14.0. The summed E-state index contributed by atoms with van der Waals surface area (Å²) in [5.74, 6) is -0.443. The summed E-state index contributed by atoms with van der Waals surface area (Å²) in [6, 6.07) is 12.6. The molecule has 5 nitrogen and oxygen atoms in total. The fourth-order valence-corrected chi connectivity index (χ4v) is 5.24. The number of benzene rings is 2. The third-order valence-corrected chi connectivity index (χ3v) is 6.94. The lowest BCUT2D eigenvalue weighted by Gasteiger charge is -2.32. The van der Waals surface area contributed by atoms with Crippen molar-refractivity contribution in [3.63, 3.8) is 0 Å². The van der Waals surface area contributed by atoms with Crippen molar-refractivity contribution in [2.24, 2.45) is 11.8 Å². The molecule has 1 saturated heterocycles. The van der Waals surface area contributed by atoms with Gasteiger partial charge in [0.2, 0.25) is 5.91 Å². The second-order valence-corrected chi connectivity index (χ2v) is 9.08. The molecule has 2 fully saturated rings. The molecule has 2 aromatic carbocycles. The summed E-state index contributed by atoms with van der Waals surface area (Å²) in [5, 5.41) is 11.5. The molecular formula is C26H25F2N3O2. The zero-order valence-corrected chi connectivity index (χ0v) is 18.2. The molecule has 170 valence electrons. The minimum Gasteiger partial charge on any atom is -0.347 e. The number of halogens is 2. The smallest absolute Gasteiger partial charge is 0.249 e. The fourth-order valence-electron chi connectivity index (χ4n) is 5.24. The normalized spacial score (nSPS) is 23.1. The van der Waals surface area contributed by atoms with E-state index >= 15 is 0 Å². The zero-order chi connectivity index (χ0) is 22.9. The molecule has 0 radical (unpaired) electrons. The fraction of sp³-hybridized carbons (Fsp3) is 0.385. The van der Waals surface area contributed by atoms with Crippen LogP contribution in [0.3, 0.4) is 0 Å². The zero-order valence-electron chi connectivity index (χ0n) is 18.2. The van der Waals surface area contributed by atoms with Gasteiger partial charge < -0.3 is 4.57 Å². The molecule has 2 heterocycles. The molecule has 1 aliphatic carbocycles. The van der Waals surface area contributed by atoms with Crippen molar-refractivity contribution in [2.75, 3.05) is 6.61 Å². The van der Waals surface area contributed by atoms with Gasteiger partial charge in [-0.1, -0.05) is 0 Å². The van der Waals surface area contributed by atoms with Gasteiger partial charge in [0.1, 0.15) is 11.6 Å². The highest BCUT2D eigenvalue weighted by atomic mass is 19.1. The molecule has 3 aromatic rings. The molecule has 0 N–H and O–H groups in total.